The highest BCUT2D eigenvalue weighted by atomic mass is 16.6. The van der Waals surface area contributed by atoms with Crippen LogP contribution in [0.4, 0.5) is 0 Å². The second-order valence-electron chi connectivity index (χ2n) is 9.10. The van der Waals surface area contributed by atoms with E-state index in [9.17, 15) is 9.59 Å². The van der Waals surface area contributed by atoms with Gasteiger partial charge in [0.15, 0.2) is 6.61 Å². The van der Waals surface area contributed by atoms with Crippen LogP contribution in [0.25, 0.3) is 0 Å². The first kappa shape index (κ1) is 24.7. The Labute approximate surface area is 197 Å². The molecule has 0 spiro atoms. The maximum absolute atomic E-state index is 12.8. The Morgan fingerprint density at radius 3 is 2.55 bits per heavy atom. The van der Waals surface area contributed by atoms with Gasteiger partial charge in [0.25, 0.3) is 5.91 Å². The van der Waals surface area contributed by atoms with Gasteiger partial charge in [-0.25, -0.2) is 4.79 Å². The second kappa shape index (κ2) is 11.8. The lowest BCUT2D eigenvalue weighted by atomic mass is 9.95. The van der Waals surface area contributed by atoms with Gasteiger partial charge in [-0.2, -0.15) is 0 Å². The highest BCUT2D eigenvalue weighted by molar-refractivity contribution is 6.00. The Hall–Kier alpha value is -2.89. The number of allylic oxidation sites excluding steroid dienone is 3. The number of cyclic esters (lactones) is 1. The first-order valence-electron chi connectivity index (χ1n) is 12.0. The zero-order valence-corrected chi connectivity index (χ0v) is 20.3. The third kappa shape index (κ3) is 6.80. The lowest BCUT2D eigenvalue weighted by Crippen LogP contribution is -2.40. The van der Waals surface area contributed by atoms with Crippen molar-refractivity contribution in [2.45, 2.75) is 78.3 Å². The van der Waals surface area contributed by atoms with Gasteiger partial charge >= 0.3 is 5.97 Å². The Bertz CT molecular complexity index is 938. The molecule has 6 nitrogen and oxygen atoms in total. The fourth-order valence-electron chi connectivity index (χ4n) is 4.67. The summed E-state index contributed by atoms with van der Waals surface area (Å²) in [5.74, 6) is -0.355. The van der Waals surface area contributed by atoms with E-state index in [-0.39, 0.29) is 30.6 Å². The molecule has 1 aromatic rings. The summed E-state index contributed by atoms with van der Waals surface area (Å²) in [6, 6.07) is 4.45. The Kier molecular flexibility index (Phi) is 8.87. The molecular formula is C27H36N2O4. The molecule has 2 aliphatic rings. The van der Waals surface area contributed by atoms with E-state index in [0.717, 1.165) is 42.4 Å². The first-order valence-corrected chi connectivity index (χ1v) is 12.0. The summed E-state index contributed by atoms with van der Waals surface area (Å²) in [5, 5.41) is 4.31. The summed E-state index contributed by atoms with van der Waals surface area (Å²) >= 11 is 0. The summed E-state index contributed by atoms with van der Waals surface area (Å²) < 4.78 is 5.53. The number of nitrogens with zero attached hydrogens (tertiary/aromatic N) is 2. The van der Waals surface area contributed by atoms with Crippen molar-refractivity contribution < 1.29 is 19.2 Å². The van der Waals surface area contributed by atoms with Crippen molar-refractivity contribution >= 4 is 17.6 Å². The second-order valence-corrected chi connectivity index (χ2v) is 9.10. The molecule has 33 heavy (non-hydrogen) atoms. The van der Waals surface area contributed by atoms with Crippen LogP contribution in [0.2, 0.25) is 0 Å². The molecule has 0 saturated carbocycles. The van der Waals surface area contributed by atoms with E-state index >= 15 is 0 Å². The van der Waals surface area contributed by atoms with E-state index in [4.69, 9.17) is 9.57 Å². The minimum atomic E-state index is -0.315. The largest absolute Gasteiger partial charge is 0.462 e. The Balaban J connectivity index is 1.82. The molecule has 6 heteroatoms. The van der Waals surface area contributed by atoms with Gasteiger partial charge in [-0.3, -0.25) is 4.79 Å². The van der Waals surface area contributed by atoms with E-state index in [1.165, 1.54) is 0 Å². The zero-order valence-electron chi connectivity index (χ0n) is 20.3. The quantitative estimate of drug-likeness (QED) is 0.365. The van der Waals surface area contributed by atoms with Crippen LogP contribution >= 0.6 is 0 Å². The molecule has 1 fully saturated rings. The van der Waals surface area contributed by atoms with Crippen LogP contribution in [0.3, 0.4) is 0 Å². The summed E-state index contributed by atoms with van der Waals surface area (Å²) in [6.45, 7) is 8.35. The molecule has 2 atom stereocenters. The number of fused-ring (bicyclic) bond motifs is 1. The van der Waals surface area contributed by atoms with Crippen LogP contribution in [-0.2, 0) is 20.8 Å². The molecule has 1 amide bonds. The minimum Gasteiger partial charge on any atom is -0.462 e. The maximum atomic E-state index is 12.8. The number of likely N-dealkylation sites (tertiary alicyclic amines) is 1. The zero-order chi connectivity index (χ0) is 23.8. The van der Waals surface area contributed by atoms with Crippen molar-refractivity contribution in [3.05, 3.63) is 58.7 Å². The van der Waals surface area contributed by atoms with Crippen molar-refractivity contribution in [3.8, 4) is 0 Å². The van der Waals surface area contributed by atoms with E-state index < -0.39 is 0 Å². The normalized spacial score (nSPS) is 25.2. The number of hydrogen-bond acceptors (Lipinski definition) is 5. The molecule has 0 bridgehead atoms. The summed E-state index contributed by atoms with van der Waals surface area (Å²) in [6.07, 6.45) is 13.1. The van der Waals surface area contributed by atoms with Crippen molar-refractivity contribution in [3.63, 3.8) is 0 Å². The molecular weight excluding hydrogens is 416 g/mol. The number of carbonyl (C=O) groups excluding carboxylic acids is 2. The van der Waals surface area contributed by atoms with Gasteiger partial charge in [0.05, 0.1) is 17.9 Å². The number of ether oxygens (including phenoxy) is 1. The fourth-order valence-corrected chi connectivity index (χ4v) is 4.67. The van der Waals surface area contributed by atoms with Gasteiger partial charge in [0.2, 0.25) is 0 Å². The molecule has 2 aliphatic heterocycles. The van der Waals surface area contributed by atoms with Crippen LogP contribution < -0.4 is 0 Å². The number of carbonyl (C=O) groups is 2. The number of aryl methyl sites for hydroxylation is 2. The number of esters is 1. The average Bonchev–Trinajstić information content (AvgIpc) is 3.09. The maximum Gasteiger partial charge on any atom is 0.338 e. The van der Waals surface area contributed by atoms with Crippen LogP contribution in [-0.4, -0.2) is 47.8 Å². The highest BCUT2D eigenvalue weighted by Crippen LogP contribution is 2.24. The third-order valence-corrected chi connectivity index (χ3v) is 6.24. The lowest BCUT2D eigenvalue weighted by molar-refractivity contribution is -0.138. The molecule has 3 rings (SSSR count). The van der Waals surface area contributed by atoms with Gasteiger partial charge in [-0.05, 0) is 77.0 Å². The molecule has 0 radical (unpaired) electrons. The van der Waals surface area contributed by atoms with E-state index in [0.29, 0.717) is 30.7 Å². The average molecular weight is 453 g/mol. The molecule has 1 saturated heterocycles. The molecule has 0 aromatic heterocycles. The predicted octanol–water partition coefficient (Wildman–Crippen LogP) is 5.07. The first-order chi connectivity index (χ1) is 15.9. The molecule has 0 N–H and O–H groups in total. The molecule has 0 aliphatic carbocycles. The van der Waals surface area contributed by atoms with Crippen molar-refractivity contribution in [2.24, 2.45) is 5.16 Å². The SMILES string of the molecule is Cc1cc(C)c2c(c1)CC(=N/OCC(=O)N1C(C)CCC1C)/C=C/CC/C=C/CCOC2=O. The Morgan fingerprint density at radius 2 is 1.79 bits per heavy atom. The number of rotatable bonds is 3. The molecule has 2 heterocycles. The number of hydrogen-bond donors (Lipinski definition) is 0. The van der Waals surface area contributed by atoms with Crippen molar-refractivity contribution in [2.75, 3.05) is 13.2 Å². The molecule has 1 aromatic carbocycles. The van der Waals surface area contributed by atoms with Crippen LogP contribution in [0.5, 0.6) is 0 Å². The van der Waals surface area contributed by atoms with E-state index in [1.807, 2.05) is 43.0 Å². The standard InChI is InChI=1S/C27H36N2O4/c1-19-15-20(2)26-23(16-19)17-24(11-9-7-5-6-8-10-14-32-27(26)31)28-33-18-25(30)29-21(3)12-13-22(29)4/h6,8-9,11,15-16,21-22H,5,7,10,12-14,17-18H2,1-4H3/b8-6+,11-9+,28-24+. The summed E-state index contributed by atoms with van der Waals surface area (Å²) in [5.41, 5.74) is 4.06. The van der Waals surface area contributed by atoms with E-state index in [1.54, 1.807) is 0 Å². The smallest absolute Gasteiger partial charge is 0.338 e. The fraction of sp³-hybridized carbons (Fsp3) is 0.519. The minimum absolute atomic E-state index is 0.0393. The number of amides is 1. The Morgan fingerprint density at radius 1 is 1.09 bits per heavy atom. The predicted molar refractivity (Wildman–Crippen MR) is 130 cm³/mol. The van der Waals surface area contributed by atoms with Crippen molar-refractivity contribution in [1.82, 2.24) is 4.90 Å². The van der Waals surface area contributed by atoms with Gasteiger partial charge in [0.1, 0.15) is 0 Å². The van der Waals surface area contributed by atoms with Crippen LogP contribution in [0.15, 0.2) is 41.6 Å². The van der Waals surface area contributed by atoms with Crippen LogP contribution in [0.1, 0.15) is 73.0 Å². The van der Waals surface area contributed by atoms with Gasteiger partial charge in [0, 0.05) is 18.5 Å². The van der Waals surface area contributed by atoms with Crippen molar-refractivity contribution in [1.29, 1.82) is 0 Å². The van der Waals surface area contributed by atoms with Gasteiger partial charge in [-0.15, -0.1) is 0 Å². The third-order valence-electron chi connectivity index (χ3n) is 6.24. The monoisotopic (exact) mass is 452 g/mol. The van der Waals surface area contributed by atoms with E-state index in [2.05, 4.69) is 31.2 Å². The molecule has 2 unspecified atom stereocenters. The topological polar surface area (TPSA) is 68.2 Å². The highest BCUT2D eigenvalue weighted by Gasteiger charge is 2.31. The number of oxime groups is 1. The molecule has 178 valence electrons. The van der Waals surface area contributed by atoms with Gasteiger partial charge in [-0.1, -0.05) is 41.1 Å². The lowest BCUT2D eigenvalue weighted by Gasteiger charge is -2.25. The summed E-state index contributed by atoms with van der Waals surface area (Å²) in [7, 11) is 0. The van der Waals surface area contributed by atoms with Gasteiger partial charge < -0.3 is 14.5 Å². The summed E-state index contributed by atoms with van der Waals surface area (Å²) in [4.78, 5) is 32.9. The number of benzene rings is 1. The van der Waals surface area contributed by atoms with Crippen LogP contribution in [0, 0.1) is 13.8 Å².